The standard InChI is InChI=1S/C21H17BrN2O/c1-13-7-8-15(12-23)9-19(13)21(25)24-14(2)20-11-17(22)10-16-5-3-4-6-18(16)20/h3-11,14H,1-2H3,(H,24,25). The maximum atomic E-state index is 12.7. The van der Waals surface area contributed by atoms with Crippen molar-refractivity contribution in [3.8, 4) is 6.07 Å². The lowest BCUT2D eigenvalue weighted by atomic mass is 9.99. The van der Waals surface area contributed by atoms with Crippen LogP contribution in [0.3, 0.4) is 0 Å². The molecule has 0 saturated heterocycles. The topological polar surface area (TPSA) is 52.9 Å². The third kappa shape index (κ3) is 3.57. The van der Waals surface area contributed by atoms with Gasteiger partial charge in [0.1, 0.15) is 0 Å². The van der Waals surface area contributed by atoms with Gasteiger partial charge in [0.25, 0.3) is 5.91 Å². The van der Waals surface area contributed by atoms with Crippen molar-refractivity contribution in [2.75, 3.05) is 0 Å². The molecule has 3 aromatic rings. The van der Waals surface area contributed by atoms with Crippen molar-refractivity contribution in [3.05, 3.63) is 81.3 Å². The SMILES string of the molecule is Cc1ccc(C#N)cc1C(=O)NC(C)c1cc(Br)cc2ccccc12. The highest BCUT2D eigenvalue weighted by Gasteiger charge is 2.16. The lowest BCUT2D eigenvalue weighted by Crippen LogP contribution is -2.27. The van der Waals surface area contributed by atoms with E-state index in [0.29, 0.717) is 11.1 Å². The van der Waals surface area contributed by atoms with Crippen molar-refractivity contribution in [1.29, 1.82) is 5.26 Å². The van der Waals surface area contributed by atoms with Crippen molar-refractivity contribution >= 4 is 32.6 Å². The van der Waals surface area contributed by atoms with Gasteiger partial charge >= 0.3 is 0 Å². The van der Waals surface area contributed by atoms with Crippen molar-refractivity contribution in [3.63, 3.8) is 0 Å². The number of nitrogens with one attached hydrogen (secondary N) is 1. The molecule has 1 amide bonds. The predicted molar refractivity (Wildman–Crippen MR) is 103 cm³/mol. The van der Waals surface area contributed by atoms with Gasteiger partial charge in [-0.3, -0.25) is 4.79 Å². The fraction of sp³-hybridized carbons (Fsp3) is 0.143. The summed E-state index contributed by atoms with van der Waals surface area (Å²) in [5.41, 5.74) is 2.91. The molecule has 0 bridgehead atoms. The van der Waals surface area contributed by atoms with Crippen LogP contribution in [0.25, 0.3) is 10.8 Å². The summed E-state index contributed by atoms with van der Waals surface area (Å²) in [6, 6.07) is 19.3. The number of carbonyl (C=O) groups is 1. The van der Waals surface area contributed by atoms with Gasteiger partial charge in [0.15, 0.2) is 0 Å². The zero-order chi connectivity index (χ0) is 18.0. The third-order valence-corrected chi connectivity index (χ3v) is 4.74. The lowest BCUT2D eigenvalue weighted by molar-refractivity contribution is 0.0939. The fourth-order valence-corrected chi connectivity index (χ4v) is 3.44. The van der Waals surface area contributed by atoms with E-state index in [1.165, 1.54) is 0 Å². The molecule has 0 aliphatic carbocycles. The van der Waals surface area contributed by atoms with Crippen LogP contribution in [0.2, 0.25) is 0 Å². The van der Waals surface area contributed by atoms with E-state index in [1.54, 1.807) is 18.2 Å². The Labute approximate surface area is 155 Å². The first-order valence-electron chi connectivity index (χ1n) is 7.99. The highest BCUT2D eigenvalue weighted by atomic mass is 79.9. The molecule has 0 aromatic heterocycles. The molecule has 0 saturated carbocycles. The summed E-state index contributed by atoms with van der Waals surface area (Å²) >= 11 is 3.54. The Morgan fingerprint density at radius 1 is 1.16 bits per heavy atom. The summed E-state index contributed by atoms with van der Waals surface area (Å²) in [6.07, 6.45) is 0. The molecule has 0 aliphatic rings. The average Bonchev–Trinajstić information content (AvgIpc) is 2.61. The Hall–Kier alpha value is -2.64. The maximum absolute atomic E-state index is 12.7. The van der Waals surface area contributed by atoms with Gasteiger partial charge in [0.2, 0.25) is 0 Å². The van der Waals surface area contributed by atoms with E-state index in [4.69, 9.17) is 5.26 Å². The van der Waals surface area contributed by atoms with Crippen LogP contribution in [0.1, 0.15) is 40.0 Å². The van der Waals surface area contributed by atoms with Crippen LogP contribution in [0.4, 0.5) is 0 Å². The highest BCUT2D eigenvalue weighted by molar-refractivity contribution is 9.10. The number of nitrogens with zero attached hydrogens (tertiary/aromatic N) is 1. The number of hydrogen-bond acceptors (Lipinski definition) is 2. The molecular weight excluding hydrogens is 376 g/mol. The smallest absolute Gasteiger partial charge is 0.252 e. The Bertz CT molecular complexity index is 1000. The minimum absolute atomic E-state index is 0.167. The number of benzene rings is 3. The van der Waals surface area contributed by atoms with Crippen molar-refractivity contribution < 1.29 is 4.79 Å². The van der Waals surface area contributed by atoms with Gasteiger partial charge in [0, 0.05) is 10.0 Å². The Balaban J connectivity index is 1.94. The van der Waals surface area contributed by atoms with Gasteiger partial charge in [-0.2, -0.15) is 5.26 Å². The quantitative estimate of drug-likeness (QED) is 0.659. The summed E-state index contributed by atoms with van der Waals surface area (Å²) in [4.78, 5) is 12.7. The number of rotatable bonds is 3. The molecule has 1 atom stereocenters. The Kier molecular flexibility index (Phi) is 4.87. The van der Waals surface area contributed by atoms with Crippen LogP contribution in [0.15, 0.2) is 59.1 Å². The Morgan fingerprint density at radius 2 is 1.92 bits per heavy atom. The zero-order valence-electron chi connectivity index (χ0n) is 14.0. The predicted octanol–water partition coefficient (Wildman–Crippen LogP) is 5.27. The molecule has 1 N–H and O–H groups in total. The summed E-state index contributed by atoms with van der Waals surface area (Å²) in [5, 5.41) is 14.3. The van der Waals surface area contributed by atoms with Crippen LogP contribution < -0.4 is 5.32 Å². The van der Waals surface area contributed by atoms with E-state index in [1.807, 2.05) is 32.0 Å². The molecule has 3 aromatic carbocycles. The van der Waals surface area contributed by atoms with Crippen LogP contribution in [0.5, 0.6) is 0 Å². The fourth-order valence-electron chi connectivity index (χ4n) is 2.95. The largest absolute Gasteiger partial charge is 0.345 e. The van der Waals surface area contributed by atoms with Gasteiger partial charge in [0.05, 0.1) is 17.7 Å². The number of hydrogen-bond donors (Lipinski definition) is 1. The maximum Gasteiger partial charge on any atom is 0.252 e. The van der Waals surface area contributed by atoms with Crippen LogP contribution in [-0.4, -0.2) is 5.91 Å². The minimum atomic E-state index is -0.175. The van der Waals surface area contributed by atoms with Crippen LogP contribution in [0, 0.1) is 18.3 Å². The summed E-state index contributed by atoms with van der Waals surface area (Å²) < 4.78 is 0.977. The molecule has 0 radical (unpaired) electrons. The molecule has 1 unspecified atom stereocenters. The van der Waals surface area contributed by atoms with Crippen molar-refractivity contribution in [2.24, 2.45) is 0 Å². The van der Waals surface area contributed by atoms with Gasteiger partial charge < -0.3 is 5.32 Å². The molecule has 0 heterocycles. The minimum Gasteiger partial charge on any atom is -0.345 e. The Morgan fingerprint density at radius 3 is 2.68 bits per heavy atom. The summed E-state index contributed by atoms with van der Waals surface area (Å²) in [7, 11) is 0. The summed E-state index contributed by atoms with van der Waals surface area (Å²) in [6.45, 7) is 3.84. The van der Waals surface area contributed by atoms with Gasteiger partial charge in [-0.15, -0.1) is 0 Å². The third-order valence-electron chi connectivity index (χ3n) is 4.28. The number of carbonyl (C=O) groups excluding carboxylic acids is 1. The normalized spacial score (nSPS) is 11.8. The second-order valence-electron chi connectivity index (χ2n) is 6.05. The van der Waals surface area contributed by atoms with E-state index >= 15 is 0 Å². The second-order valence-corrected chi connectivity index (χ2v) is 6.97. The first-order chi connectivity index (χ1) is 12.0. The molecule has 4 heteroatoms. The van der Waals surface area contributed by atoms with E-state index in [0.717, 1.165) is 26.4 Å². The zero-order valence-corrected chi connectivity index (χ0v) is 15.6. The molecule has 25 heavy (non-hydrogen) atoms. The number of fused-ring (bicyclic) bond motifs is 1. The number of amides is 1. The van der Waals surface area contributed by atoms with Crippen LogP contribution in [-0.2, 0) is 0 Å². The van der Waals surface area contributed by atoms with Crippen molar-refractivity contribution in [1.82, 2.24) is 5.32 Å². The van der Waals surface area contributed by atoms with Crippen LogP contribution >= 0.6 is 15.9 Å². The first-order valence-corrected chi connectivity index (χ1v) is 8.78. The molecule has 124 valence electrons. The lowest BCUT2D eigenvalue weighted by Gasteiger charge is -2.18. The van der Waals surface area contributed by atoms with Gasteiger partial charge in [-0.05, 0) is 60.0 Å². The first kappa shape index (κ1) is 17.2. The second kappa shape index (κ2) is 7.08. The monoisotopic (exact) mass is 392 g/mol. The van der Waals surface area contributed by atoms with E-state index in [2.05, 4.69) is 45.5 Å². The number of aryl methyl sites for hydroxylation is 1. The number of halogens is 1. The number of nitriles is 1. The molecule has 0 aliphatic heterocycles. The summed E-state index contributed by atoms with van der Waals surface area (Å²) in [5.74, 6) is -0.175. The molecule has 3 nitrogen and oxygen atoms in total. The molecule has 3 rings (SSSR count). The van der Waals surface area contributed by atoms with E-state index in [9.17, 15) is 4.79 Å². The highest BCUT2D eigenvalue weighted by Crippen LogP contribution is 2.29. The molecule has 0 fully saturated rings. The molecule has 0 spiro atoms. The van der Waals surface area contributed by atoms with Crippen molar-refractivity contribution in [2.45, 2.75) is 19.9 Å². The van der Waals surface area contributed by atoms with E-state index < -0.39 is 0 Å². The molecular formula is C21H17BrN2O. The van der Waals surface area contributed by atoms with Gasteiger partial charge in [-0.25, -0.2) is 0 Å². The average molecular weight is 393 g/mol. The van der Waals surface area contributed by atoms with Gasteiger partial charge in [-0.1, -0.05) is 46.3 Å². The van der Waals surface area contributed by atoms with E-state index in [-0.39, 0.29) is 11.9 Å².